The molecule has 0 bridgehead atoms. The average molecular weight is 323 g/mol. The van der Waals surface area contributed by atoms with Crippen LogP contribution in [0.5, 0.6) is 0 Å². The van der Waals surface area contributed by atoms with Crippen LogP contribution in [0.15, 0.2) is 11.4 Å². The summed E-state index contributed by atoms with van der Waals surface area (Å²) in [4.78, 5) is 14.8. The first-order chi connectivity index (χ1) is 10.4. The fourth-order valence-corrected chi connectivity index (χ4v) is 2.62. The smallest absolute Gasteiger partial charge is 0.410 e. The fourth-order valence-electron chi connectivity index (χ4n) is 1.84. The first-order valence-corrected chi connectivity index (χ1v) is 8.40. The van der Waals surface area contributed by atoms with Gasteiger partial charge < -0.3 is 15.0 Å². The van der Waals surface area contributed by atoms with Crippen molar-refractivity contribution in [1.29, 1.82) is 5.26 Å². The second kappa shape index (κ2) is 8.76. The molecule has 0 fully saturated rings. The average Bonchev–Trinajstić information content (AvgIpc) is 2.88. The predicted molar refractivity (Wildman–Crippen MR) is 88.8 cm³/mol. The highest BCUT2D eigenvalue weighted by Crippen LogP contribution is 2.13. The first-order valence-electron chi connectivity index (χ1n) is 7.52. The van der Waals surface area contributed by atoms with Crippen LogP contribution >= 0.6 is 11.3 Å². The molecule has 1 aromatic rings. The minimum absolute atomic E-state index is 0.257. The molecule has 122 valence electrons. The lowest BCUT2D eigenvalue weighted by atomic mass is 10.2. The van der Waals surface area contributed by atoms with Crippen molar-refractivity contribution < 1.29 is 9.53 Å². The highest BCUT2D eigenvalue weighted by atomic mass is 32.1. The predicted octanol–water partition coefficient (Wildman–Crippen LogP) is 3.36. The number of carbonyl (C=O) groups is 1. The molecule has 0 unspecified atom stereocenters. The second-order valence-corrected chi connectivity index (χ2v) is 7.00. The van der Waals surface area contributed by atoms with Crippen LogP contribution in [0.25, 0.3) is 0 Å². The van der Waals surface area contributed by atoms with Gasteiger partial charge >= 0.3 is 6.09 Å². The summed E-state index contributed by atoms with van der Waals surface area (Å²) in [6, 6.07) is 4.03. The summed E-state index contributed by atoms with van der Waals surface area (Å²) in [6.07, 6.45) is 0.607. The van der Waals surface area contributed by atoms with Gasteiger partial charge in [0.05, 0.1) is 5.56 Å². The van der Waals surface area contributed by atoms with Crippen LogP contribution in [0.1, 0.15) is 44.6 Å². The van der Waals surface area contributed by atoms with Gasteiger partial charge in [0, 0.05) is 29.9 Å². The summed E-state index contributed by atoms with van der Waals surface area (Å²) in [6.45, 7) is 10.5. The van der Waals surface area contributed by atoms with Crippen molar-refractivity contribution in [1.82, 2.24) is 10.2 Å². The number of amides is 1. The van der Waals surface area contributed by atoms with E-state index in [1.54, 1.807) is 16.2 Å². The molecule has 0 aliphatic heterocycles. The van der Waals surface area contributed by atoms with E-state index in [9.17, 15) is 4.79 Å². The first kappa shape index (κ1) is 18.5. The molecule has 0 saturated heterocycles. The Hall–Kier alpha value is -1.58. The zero-order chi connectivity index (χ0) is 16.6. The molecular weight excluding hydrogens is 298 g/mol. The normalized spacial score (nSPS) is 11.0. The Bertz CT molecular complexity index is 514. The molecule has 0 aliphatic rings. The van der Waals surface area contributed by atoms with Crippen LogP contribution in [-0.4, -0.2) is 36.2 Å². The van der Waals surface area contributed by atoms with E-state index >= 15 is 0 Å². The molecule has 0 spiro atoms. The minimum atomic E-state index is -0.458. The lowest BCUT2D eigenvalue weighted by Crippen LogP contribution is -2.38. The van der Waals surface area contributed by atoms with Crippen molar-refractivity contribution >= 4 is 17.4 Å². The largest absolute Gasteiger partial charge is 0.444 e. The molecule has 1 amide bonds. The minimum Gasteiger partial charge on any atom is -0.444 e. The van der Waals surface area contributed by atoms with Gasteiger partial charge in [-0.05, 0) is 46.7 Å². The van der Waals surface area contributed by atoms with E-state index in [4.69, 9.17) is 10.00 Å². The number of ether oxygens (including phenoxy) is 1. The van der Waals surface area contributed by atoms with Crippen molar-refractivity contribution in [2.24, 2.45) is 0 Å². The third-order valence-electron chi connectivity index (χ3n) is 2.90. The lowest BCUT2D eigenvalue weighted by Gasteiger charge is -2.26. The van der Waals surface area contributed by atoms with Crippen molar-refractivity contribution in [2.45, 2.75) is 46.3 Å². The highest BCUT2D eigenvalue weighted by molar-refractivity contribution is 7.10. The quantitative estimate of drug-likeness (QED) is 0.781. The van der Waals surface area contributed by atoms with Crippen LogP contribution in [0.3, 0.4) is 0 Å². The van der Waals surface area contributed by atoms with E-state index in [-0.39, 0.29) is 6.09 Å². The van der Waals surface area contributed by atoms with E-state index in [0.717, 1.165) is 24.4 Å². The van der Waals surface area contributed by atoms with Crippen LogP contribution in [0.2, 0.25) is 0 Å². The van der Waals surface area contributed by atoms with Gasteiger partial charge in [0.15, 0.2) is 0 Å². The van der Waals surface area contributed by atoms with Gasteiger partial charge in [-0.2, -0.15) is 5.26 Å². The van der Waals surface area contributed by atoms with Crippen molar-refractivity contribution in [3.05, 3.63) is 21.9 Å². The molecule has 1 heterocycles. The zero-order valence-corrected chi connectivity index (χ0v) is 14.6. The molecule has 1 rings (SSSR count). The number of thiophene rings is 1. The number of rotatable bonds is 7. The van der Waals surface area contributed by atoms with E-state index in [1.165, 1.54) is 0 Å². The molecule has 22 heavy (non-hydrogen) atoms. The fraction of sp³-hybridized carbons (Fsp3) is 0.625. The number of hydrogen-bond acceptors (Lipinski definition) is 5. The summed E-state index contributed by atoms with van der Waals surface area (Å²) in [5, 5.41) is 14.0. The van der Waals surface area contributed by atoms with Gasteiger partial charge in [0.25, 0.3) is 0 Å². The topological polar surface area (TPSA) is 65.4 Å². The van der Waals surface area contributed by atoms with Gasteiger partial charge in [0.1, 0.15) is 11.7 Å². The molecule has 5 nitrogen and oxygen atoms in total. The van der Waals surface area contributed by atoms with Crippen molar-refractivity contribution in [3.8, 4) is 6.07 Å². The number of nitrogens with zero attached hydrogens (tertiary/aromatic N) is 2. The van der Waals surface area contributed by atoms with Crippen LogP contribution in [-0.2, 0) is 11.3 Å². The molecule has 0 atom stereocenters. The third-order valence-corrected chi connectivity index (χ3v) is 3.83. The Labute approximate surface area is 136 Å². The van der Waals surface area contributed by atoms with Crippen molar-refractivity contribution in [2.75, 3.05) is 19.6 Å². The molecule has 1 N–H and O–H groups in total. The molecular formula is C16H25N3O2S. The van der Waals surface area contributed by atoms with E-state index in [1.807, 2.05) is 39.1 Å². The number of hydrogen-bond donors (Lipinski definition) is 1. The molecule has 0 radical (unpaired) electrons. The van der Waals surface area contributed by atoms with E-state index in [2.05, 4.69) is 11.4 Å². The summed E-state index contributed by atoms with van der Waals surface area (Å²) in [5.74, 6) is 0. The molecule has 0 aliphatic carbocycles. The highest BCUT2D eigenvalue weighted by Gasteiger charge is 2.20. The maximum absolute atomic E-state index is 12.0. The van der Waals surface area contributed by atoms with Gasteiger partial charge in [-0.25, -0.2) is 4.79 Å². The SMILES string of the molecule is CCN(CCCNCc1cc(C#N)cs1)C(=O)OC(C)(C)C. The Kier molecular flexibility index (Phi) is 7.36. The molecule has 1 aromatic heterocycles. The number of nitrogens with one attached hydrogen (secondary N) is 1. The number of nitriles is 1. The maximum Gasteiger partial charge on any atom is 0.410 e. The summed E-state index contributed by atoms with van der Waals surface area (Å²) in [7, 11) is 0. The molecule has 6 heteroatoms. The van der Waals surface area contributed by atoms with E-state index in [0.29, 0.717) is 18.7 Å². The second-order valence-electron chi connectivity index (χ2n) is 6.00. The van der Waals surface area contributed by atoms with Gasteiger partial charge in [-0.1, -0.05) is 0 Å². The Morgan fingerprint density at radius 1 is 1.50 bits per heavy atom. The molecule has 0 aromatic carbocycles. The summed E-state index contributed by atoms with van der Waals surface area (Å²) in [5.41, 5.74) is 0.254. The lowest BCUT2D eigenvalue weighted by molar-refractivity contribution is 0.0258. The van der Waals surface area contributed by atoms with Crippen LogP contribution in [0, 0.1) is 11.3 Å². The summed E-state index contributed by atoms with van der Waals surface area (Å²) < 4.78 is 5.37. The van der Waals surface area contributed by atoms with E-state index < -0.39 is 5.60 Å². The summed E-state index contributed by atoms with van der Waals surface area (Å²) >= 11 is 1.58. The Morgan fingerprint density at radius 3 is 2.77 bits per heavy atom. The maximum atomic E-state index is 12.0. The zero-order valence-electron chi connectivity index (χ0n) is 13.8. The Morgan fingerprint density at radius 2 is 2.23 bits per heavy atom. The van der Waals surface area contributed by atoms with Crippen molar-refractivity contribution in [3.63, 3.8) is 0 Å². The van der Waals surface area contributed by atoms with Gasteiger partial charge in [-0.15, -0.1) is 11.3 Å². The molecule has 0 saturated carbocycles. The Balaban J connectivity index is 2.24. The number of carbonyl (C=O) groups excluding carboxylic acids is 1. The van der Waals surface area contributed by atoms with Gasteiger partial charge in [0.2, 0.25) is 0 Å². The van der Waals surface area contributed by atoms with Crippen LogP contribution < -0.4 is 5.32 Å². The monoisotopic (exact) mass is 323 g/mol. The van der Waals surface area contributed by atoms with Crippen LogP contribution in [0.4, 0.5) is 4.79 Å². The third kappa shape index (κ3) is 6.92. The van der Waals surface area contributed by atoms with Gasteiger partial charge in [-0.3, -0.25) is 0 Å². The standard InChI is InChI=1S/C16H25N3O2S/c1-5-19(15(20)21-16(2,3)4)8-6-7-18-11-14-9-13(10-17)12-22-14/h9,12,18H,5-8,11H2,1-4H3.